The highest BCUT2D eigenvalue weighted by atomic mass is 16.3. The summed E-state index contributed by atoms with van der Waals surface area (Å²) in [5.74, 6) is 0.708. The molecule has 2 heterocycles. The number of nitrogens with zero attached hydrogens (tertiary/aromatic N) is 2. The van der Waals surface area contributed by atoms with E-state index in [1.165, 1.54) is 65.5 Å². The molecule has 0 N–H and O–H groups in total. The van der Waals surface area contributed by atoms with Crippen LogP contribution in [0.25, 0.3) is 78.1 Å². The molecule has 2 aromatic heterocycles. The van der Waals surface area contributed by atoms with Crippen LogP contribution in [0.2, 0.25) is 0 Å². The number of benzene rings is 6. The Morgan fingerprint density at radius 2 is 1.04 bits per heavy atom. The van der Waals surface area contributed by atoms with Gasteiger partial charge in [-0.3, -0.25) is 0 Å². The SMILES string of the molecule is c1ccc(-c2cc(-c3ccc4c(c3)oc3cc(-c5cccc6c5C5(CCCCC5)c5ccccc5-6)ccc34)nc(-c3ccccc3)n2)cc1. The Hall–Kier alpha value is -5.80. The molecule has 1 fully saturated rings. The van der Waals surface area contributed by atoms with Gasteiger partial charge in [0.2, 0.25) is 0 Å². The second-order valence-electron chi connectivity index (χ2n) is 13.6. The Balaban J connectivity index is 1.09. The van der Waals surface area contributed by atoms with Crippen molar-refractivity contribution < 1.29 is 4.42 Å². The van der Waals surface area contributed by atoms with E-state index >= 15 is 0 Å². The molecule has 1 spiro atoms. The molecule has 1 saturated carbocycles. The van der Waals surface area contributed by atoms with E-state index in [1.54, 1.807) is 0 Å². The lowest BCUT2D eigenvalue weighted by Gasteiger charge is -2.37. The van der Waals surface area contributed by atoms with E-state index in [0.717, 1.165) is 50.0 Å². The molecular weight excluding hydrogens is 597 g/mol. The first kappa shape index (κ1) is 28.2. The zero-order valence-corrected chi connectivity index (χ0v) is 27.2. The molecule has 49 heavy (non-hydrogen) atoms. The van der Waals surface area contributed by atoms with Crippen LogP contribution in [0.4, 0.5) is 0 Å². The zero-order chi connectivity index (χ0) is 32.4. The number of aromatic nitrogens is 2. The summed E-state index contributed by atoms with van der Waals surface area (Å²) >= 11 is 0. The molecule has 10 rings (SSSR count). The lowest BCUT2D eigenvalue weighted by molar-refractivity contribution is 0.353. The molecule has 0 unspecified atom stereocenters. The summed E-state index contributed by atoms with van der Waals surface area (Å²) in [6.45, 7) is 0. The summed E-state index contributed by atoms with van der Waals surface area (Å²) in [5, 5.41) is 2.24. The van der Waals surface area contributed by atoms with Gasteiger partial charge in [-0.05, 0) is 76.6 Å². The Labute approximate surface area is 285 Å². The third-order valence-electron chi connectivity index (χ3n) is 10.9. The summed E-state index contributed by atoms with van der Waals surface area (Å²) in [7, 11) is 0. The molecule has 0 amide bonds. The maximum absolute atomic E-state index is 6.68. The van der Waals surface area contributed by atoms with E-state index in [-0.39, 0.29) is 5.41 Å². The maximum Gasteiger partial charge on any atom is 0.160 e. The van der Waals surface area contributed by atoms with Crippen LogP contribution in [-0.2, 0) is 5.41 Å². The van der Waals surface area contributed by atoms with Gasteiger partial charge >= 0.3 is 0 Å². The van der Waals surface area contributed by atoms with Gasteiger partial charge in [-0.15, -0.1) is 0 Å². The summed E-state index contributed by atoms with van der Waals surface area (Å²) in [4.78, 5) is 10.0. The number of furan rings is 1. The smallest absolute Gasteiger partial charge is 0.160 e. The minimum Gasteiger partial charge on any atom is -0.456 e. The van der Waals surface area contributed by atoms with Crippen molar-refractivity contribution in [3.05, 3.63) is 157 Å². The largest absolute Gasteiger partial charge is 0.456 e. The van der Waals surface area contributed by atoms with Gasteiger partial charge < -0.3 is 4.42 Å². The first-order chi connectivity index (χ1) is 24.2. The zero-order valence-electron chi connectivity index (χ0n) is 27.2. The fraction of sp³-hybridized carbons (Fsp3) is 0.130. The molecule has 0 aliphatic heterocycles. The molecule has 6 aromatic carbocycles. The molecule has 3 heteroatoms. The fourth-order valence-corrected chi connectivity index (χ4v) is 8.65. The topological polar surface area (TPSA) is 38.9 Å². The van der Waals surface area contributed by atoms with Crippen molar-refractivity contribution >= 4 is 21.9 Å². The van der Waals surface area contributed by atoms with Crippen LogP contribution in [0.3, 0.4) is 0 Å². The van der Waals surface area contributed by atoms with Crippen molar-refractivity contribution in [1.82, 2.24) is 9.97 Å². The molecule has 2 aliphatic carbocycles. The maximum atomic E-state index is 6.68. The monoisotopic (exact) mass is 630 g/mol. The van der Waals surface area contributed by atoms with Crippen LogP contribution >= 0.6 is 0 Å². The second kappa shape index (κ2) is 11.1. The Morgan fingerprint density at radius 3 is 1.80 bits per heavy atom. The molecule has 0 atom stereocenters. The van der Waals surface area contributed by atoms with Crippen LogP contribution in [0, 0.1) is 0 Å². The Morgan fingerprint density at radius 1 is 0.449 bits per heavy atom. The average Bonchev–Trinajstić information content (AvgIpc) is 3.68. The number of fused-ring (bicyclic) bond motifs is 8. The number of hydrogen-bond acceptors (Lipinski definition) is 3. The van der Waals surface area contributed by atoms with Gasteiger partial charge in [0, 0.05) is 32.9 Å². The van der Waals surface area contributed by atoms with Crippen molar-refractivity contribution in [2.45, 2.75) is 37.5 Å². The van der Waals surface area contributed by atoms with Gasteiger partial charge in [-0.1, -0.05) is 135 Å². The third-order valence-corrected chi connectivity index (χ3v) is 10.9. The Bertz CT molecular complexity index is 2470. The van der Waals surface area contributed by atoms with Gasteiger partial charge in [0.25, 0.3) is 0 Å². The minimum atomic E-state index is 0.0905. The van der Waals surface area contributed by atoms with Crippen LogP contribution in [0.1, 0.15) is 43.2 Å². The fourth-order valence-electron chi connectivity index (χ4n) is 8.65. The van der Waals surface area contributed by atoms with Gasteiger partial charge in [-0.25, -0.2) is 9.97 Å². The average molecular weight is 631 g/mol. The highest BCUT2D eigenvalue weighted by molar-refractivity contribution is 6.07. The van der Waals surface area contributed by atoms with Crippen molar-refractivity contribution in [1.29, 1.82) is 0 Å². The highest BCUT2D eigenvalue weighted by Gasteiger charge is 2.45. The Kier molecular flexibility index (Phi) is 6.42. The van der Waals surface area contributed by atoms with E-state index in [1.807, 2.05) is 36.4 Å². The summed E-state index contributed by atoms with van der Waals surface area (Å²) < 4.78 is 6.68. The van der Waals surface area contributed by atoms with E-state index in [0.29, 0.717) is 5.82 Å². The van der Waals surface area contributed by atoms with Crippen molar-refractivity contribution in [3.63, 3.8) is 0 Å². The molecular formula is C46H34N2O. The molecule has 3 nitrogen and oxygen atoms in total. The van der Waals surface area contributed by atoms with E-state index in [2.05, 4.69) is 109 Å². The van der Waals surface area contributed by atoms with Crippen LogP contribution in [0.15, 0.2) is 150 Å². The van der Waals surface area contributed by atoms with E-state index in [9.17, 15) is 0 Å². The molecule has 8 aromatic rings. The van der Waals surface area contributed by atoms with Gasteiger partial charge in [0.1, 0.15) is 11.2 Å². The van der Waals surface area contributed by atoms with Crippen LogP contribution < -0.4 is 0 Å². The number of hydrogen-bond donors (Lipinski definition) is 0. The lowest BCUT2D eigenvalue weighted by Crippen LogP contribution is -2.28. The molecule has 234 valence electrons. The normalized spacial score (nSPS) is 14.7. The van der Waals surface area contributed by atoms with E-state index < -0.39 is 0 Å². The standard InChI is InChI=1S/C46H34N2O/c1-4-13-30(14-5-1)40-29-41(48-45(47-40)31-15-6-2-7-16-31)33-22-24-37-36-23-21-32(27-42(36)49-43(37)28-33)34-18-12-19-38-35-17-8-9-20-39(35)46(44(34)38)25-10-3-11-26-46/h1-2,4-9,12-24,27-29H,3,10-11,25-26H2. The van der Waals surface area contributed by atoms with Crippen molar-refractivity contribution in [2.24, 2.45) is 0 Å². The second-order valence-corrected chi connectivity index (χ2v) is 13.6. The summed E-state index contributed by atoms with van der Waals surface area (Å²) in [5.41, 5.74) is 15.1. The number of rotatable bonds is 4. The summed E-state index contributed by atoms with van der Waals surface area (Å²) in [6, 6.07) is 51.9. The van der Waals surface area contributed by atoms with Gasteiger partial charge in [0.05, 0.1) is 11.4 Å². The van der Waals surface area contributed by atoms with Gasteiger partial charge in [0.15, 0.2) is 5.82 Å². The first-order valence-corrected chi connectivity index (χ1v) is 17.5. The van der Waals surface area contributed by atoms with Crippen molar-refractivity contribution in [3.8, 4) is 56.2 Å². The molecule has 0 bridgehead atoms. The van der Waals surface area contributed by atoms with Gasteiger partial charge in [-0.2, -0.15) is 0 Å². The quantitative estimate of drug-likeness (QED) is 0.194. The van der Waals surface area contributed by atoms with Crippen LogP contribution in [0.5, 0.6) is 0 Å². The molecule has 0 saturated heterocycles. The van der Waals surface area contributed by atoms with E-state index in [4.69, 9.17) is 14.4 Å². The van der Waals surface area contributed by atoms with Crippen LogP contribution in [-0.4, -0.2) is 9.97 Å². The summed E-state index contributed by atoms with van der Waals surface area (Å²) in [6.07, 6.45) is 6.30. The highest BCUT2D eigenvalue weighted by Crippen LogP contribution is 2.58. The lowest BCUT2D eigenvalue weighted by atomic mass is 9.66. The minimum absolute atomic E-state index is 0.0905. The molecule has 0 radical (unpaired) electrons. The predicted octanol–water partition coefficient (Wildman–Crippen LogP) is 12.3. The predicted molar refractivity (Wildman–Crippen MR) is 200 cm³/mol. The molecule has 2 aliphatic rings. The first-order valence-electron chi connectivity index (χ1n) is 17.5. The van der Waals surface area contributed by atoms with Crippen molar-refractivity contribution in [2.75, 3.05) is 0 Å². The third kappa shape index (κ3) is 4.49.